The van der Waals surface area contributed by atoms with E-state index >= 15 is 0 Å². The number of hydrogen-bond donors (Lipinski definition) is 1. The molecule has 1 rings (SSSR count). The summed E-state index contributed by atoms with van der Waals surface area (Å²) >= 11 is 3.41. The maximum Gasteiger partial charge on any atom is 0.120 e. The number of carbonyl (C=O) groups excluding carboxylic acids is 1. The van der Waals surface area contributed by atoms with Gasteiger partial charge in [-0.05, 0) is 37.1 Å². The van der Waals surface area contributed by atoms with Gasteiger partial charge in [-0.2, -0.15) is 0 Å². The summed E-state index contributed by atoms with van der Waals surface area (Å²) in [7, 11) is 1.94. The molecule has 15 heavy (non-hydrogen) atoms. The molecule has 2 nitrogen and oxygen atoms in total. The van der Waals surface area contributed by atoms with Crippen molar-refractivity contribution in [2.24, 2.45) is 0 Å². The second-order valence-electron chi connectivity index (χ2n) is 3.55. The molecule has 0 saturated carbocycles. The molecule has 0 aliphatic carbocycles. The standard InChI is InChI=1S/C12H16BrNO/c1-14-9-11(3-2-8-15)10-4-6-12(13)7-5-10/h4-8,11,14H,2-3,9H2,1H3. The lowest BCUT2D eigenvalue weighted by Gasteiger charge is -2.15. The Morgan fingerprint density at radius 1 is 1.40 bits per heavy atom. The van der Waals surface area contributed by atoms with E-state index in [1.807, 2.05) is 19.2 Å². The van der Waals surface area contributed by atoms with Crippen molar-refractivity contribution in [2.45, 2.75) is 18.8 Å². The van der Waals surface area contributed by atoms with Crippen LogP contribution >= 0.6 is 15.9 Å². The minimum Gasteiger partial charge on any atom is -0.319 e. The highest BCUT2D eigenvalue weighted by atomic mass is 79.9. The lowest BCUT2D eigenvalue weighted by molar-refractivity contribution is -0.108. The van der Waals surface area contributed by atoms with Crippen molar-refractivity contribution >= 4 is 22.2 Å². The third kappa shape index (κ3) is 4.14. The van der Waals surface area contributed by atoms with Gasteiger partial charge in [-0.25, -0.2) is 0 Å². The Kier molecular flexibility index (Phi) is 5.58. The van der Waals surface area contributed by atoms with Crippen molar-refractivity contribution < 1.29 is 4.79 Å². The molecule has 0 spiro atoms. The molecule has 3 heteroatoms. The van der Waals surface area contributed by atoms with Gasteiger partial charge in [0.25, 0.3) is 0 Å². The highest BCUT2D eigenvalue weighted by Crippen LogP contribution is 2.22. The van der Waals surface area contributed by atoms with E-state index in [2.05, 4.69) is 33.4 Å². The zero-order chi connectivity index (χ0) is 11.1. The average Bonchev–Trinajstić information content (AvgIpc) is 2.25. The van der Waals surface area contributed by atoms with Gasteiger partial charge in [0, 0.05) is 17.4 Å². The summed E-state index contributed by atoms with van der Waals surface area (Å²) in [5, 5.41) is 3.16. The Morgan fingerprint density at radius 2 is 2.07 bits per heavy atom. The molecule has 1 atom stereocenters. The summed E-state index contributed by atoms with van der Waals surface area (Å²) in [6.07, 6.45) is 2.52. The second kappa shape index (κ2) is 6.75. The van der Waals surface area contributed by atoms with Crippen LogP contribution in [0.5, 0.6) is 0 Å². The van der Waals surface area contributed by atoms with Crippen LogP contribution in [0.3, 0.4) is 0 Å². The molecule has 0 aliphatic rings. The zero-order valence-corrected chi connectivity index (χ0v) is 10.5. The Labute approximate surface area is 99.2 Å². The summed E-state index contributed by atoms with van der Waals surface area (Å²) in [4.78, 5) is 10.4. The lowest BCUT2D eigenvalue weighted by atomic mass is 9.94. The number of benzene rings is 1. The topological polar surface area (TPSA) is 29.1 Å². The monoisotopic (exact) mass is 269 g/mol. The van der Waals surface area contributed by atoms with E-state index in [1.54, 1.807) is 0 Å². The van der Waals surface area contributed by atoms with Crippen LogP contribution in [-0.2, 0) is 4.79 Å². The van der Waals surface area contributed by atoms with Gasteiger partial charge in [0.1, 0.15) is 6.29 Å². The molecule has 1 aromatic carbocycles. The number of rotatable bonds is 6. The maximum atomic E-state index is 10.4. The van der Waals surface area contributed by atoms with Crippen LogP contribution < -0.4 is 5.32 Å². The number of carbonyl (C=O) groups is 1. The van der Waals surface area contributed by atoms with E-state index < -0.39 is 0 Å². The number of halogens is 1. The Hall–Kier alpha value is -0.670. The number of aldehydes is 1. The first-order valence-electron chi connectivity index (χ1n) is 5.11. The molecule has 1 N–H and O–H groups in total. The third-order valence-corrected chi connectivity index (χ3v) is 2.95. The quantitative estimate of drug-likeness (QED) is 0.805. The predicted octanol–water partition coefficient (Wildman–Crippen LogP) is 2.73. The molecular weight excluding hydrogens is 254 g/mol. The van der Waals surface area contributed by atoms with E-state index in [-0.39, 0.29) is 0 Å². The Balaban J connectivity index is 2.69. The summed E-state index contributed by atoms with van der Waals surface area (Å²) in [6.45, 7) is 0.912. The van der Waals surface area contributed by atoms with E-state index in [0.29, 0.717) is 12.3 Å². The molecule has 0 bridgehead atoms. The first kappa shape index (κ1) is 12.4. The van der Waals surface area contributed by atoms with Gasteiger partial charge in [0.05, 0.1) is 0 Å². The van der Waals surface area contributed by atoms with E-state index in [4.69, 9.17) is 0 Å². The summed E-state index contributed by atoms with van der Waals surface area (Å²) < 4.78 is 1.09. The molecule has 0 fully saturated rings. The molecule has 0 aromatic heterocycles. The number of nitrogens with one attached hydrogen (secondary N) is 1. The van der Waals surface area contributed by atoms with Gasteiger partial charge in [0.15, 0.2) is 0 Å². The summed E-state index contributed by atoms with van der Waals surface area (Å²) in [6, 6.07) is 8.30. The van der Waals surface area contributed by atoms with Gasteiger partial charge in [-0.1, -0.05) is 28.1 Å². The van der Waals surface area contributed by atoms with E-state index in [9.17, 15) is 4.79 Å². The fourth-order valence-corrected chi connectivity index (χ4v) is 1.90. The number of likely N-dealkylation sites (N-methyl/N-ethyl adjacent to an activating group) is 1. The van der Waals surface area contributed by atoms with Crippen LogP contribution in [0, 0.1) is 0 Å². The number of hydrogen-bond acceptors (Lipinski definition) is 2. The largest absolute Gasteiger partial charge is 0.319 e. The molecular formula is C12H16BrNO. The van der Waals surface area contributed by atoms with Crippen LogP contribution in [0.1, 0.15) is 24.3 Å². The predicted molar refractivity (Wildman–Crippen MR) is 66.1 cm³/mol. The van der Waals surface area contributed by atoms with E-state index in [0.717, 1.165) is 23.7 Å². The van der Waals surface area contributed by atoms with Crippen LogP contribution in [0.25, 0.3) is 0 Å². The van der Waals surface area contributed by atoms with Gasteiger partial charge in [0.2, 0.25) is 0 Å². The minimum absolute atomic E-state index is 0.424. The Morgan fingerprint density at radius 3 is 2.60 bits per heavy atom. The molecule has 0 saturated heterocycles. The lowest BCUT2D eigenvalue weighted by Crippen LogP contribution is -2.17. The molecule has 0 aliphatic heterocycles. The minimum atomic E-state index is 0.424. The molecule has 0 radical (unpaired) electrons. The summed E-state index contributed by atoms with van der Waals surface area (Å²) in [5.74, 6) is 0.424. The second-order valence-corrected chi connectivity index (χ2v) is 4.47. The van der Waals surface area contributed by atoms with Crippen molar-refractivity contribution in [1.82, 2.24) is 5.32 Å². The van der Waals surface area contributed by atoms with Gasteiger partial charge >= 0.3 is 0 Å². The summed E-state index contributed by atoms with van der Waals surface area (Å²) in [5.41, 5.74) is 1.29. The van der Waals surface area contributed by atoms with E-state index in [1.165, 1.54) is 5.56 Å². The normalized spacial score (nSPS) is 12.4. The van der Waals surface area contributed by atoms with Crippen molar-refractivity contribution in [3.05, 3.63) is 34.3 Å². The van der Waals surface area contributed by atoms with Gasteiger partial charge in [-0.3, -0.25) is 0 Å². The molecule has 0 heterocycles. The Bertz CT molecular complexity index is 297. The fourth-order valence-electron chi connectivity index (χ4n) is 1.64. The van der Waals surface area contributed by atoms with Gasteiger partial charge in [-0.15, -0.1) is 0 Å². The van der Waals surface area contributed by atoms with Crippen LogP contribution in [0.2, 0.25) is 0 Å². The van der Waals surface area contributed by atoms with Crippen molar-refractivity contribution in [3.8, 4) is 0 Å². The zero-order valence-electron chi connectivity index (χ0n) is 8.87. The van der Waals surface area contributed by atoms with Crippen molar-refractivity contribution in [1.29, 1.82) is 0 Å². The average molecular weight is 270 g/mol. The highest BCUT2D eigenvalue weighted by Gasteiger charge is 2.09. The molecule has 1 unspecified atom stereocenters. The fraction of sp³-hybridized carbons (Fsp3) is 0.417. The van der Waals surface area contributed by atoms with Crippen LogP contribution in [-0.4, -0.2) is 19.9 Å². The molecule has 1 aromatic rings. The SMILES string of the molecule is CNCC(CCC=O)c1ccc(Br)cc1. The van der Waals surface area contributed by atoms with Crippen molar-refractivity contribution in [2.75, 3.05) is 13.6 Å². The third-order valence-electron chi connectivity index (χ3n) is 2.42. The first-order chi connectivity index (χ1) is 7.27. The maximum absolute atomic E-state index is 10.4. The molecule has 0 amide bonds. The highest BCUT2D eigenvalue weighted by molar-refractivity contribution is 9.10. The smallest absolute Gasteiger partial charge is 0.120 e. The molecule has 82 valence electrons. The van der Waals surface area contributed by atoms with Gasteiger partial charge < -0.3 is 10.1 Å². The van der Waals surface area contributed by atoms with Crippen LogP contribution in [0.15, 0.2) is 28.7 Å². The first-order valence-corrected chi connectivity index (χ1v) is 5.91. The van der Waals surface area contributed by atoms with Crippen LogP contribution in [0.4, 0.5) is 0 Å². The van der Waals surface area contributed by atoms with Crippen molar-refractivity contribution in [3.63, 3.8) is 0 Å².